The Kier molecular flexibility index (Phi) is 10.8. The van der Waals surface area contributed by atoms with E-state index in [0.29, 0.717) is 31.0 Å². The number of hydrogen-bond acceptors (Lipinski definition) is 4. The summed E-state index contributed by atoms with van der Waals surface area (Å²) in [6.45, 7) is 0.905. The second-order valence-corrected chi connectivity index (χ2v) is 10.2. The van der Waals surface area contributed by atoms with E-state index in [1.807, 2.05) is 72.8 Å². The average molecular weight is 541 g/mol. The van der Waals surface area contributed by atoms with Gasteiger partial charge in [0.25, 0.3) is 0 Å². The van der Waals surface area contributed by atoms with Gasteiger partial charge in [0.1, 0.15) is 6.04 Å². The van der Waals surface area contributed by atoms with E-state index in [1.165, 1.54) is 18.4 Å². The van der Waals surface area contributed by atoms with Crippen molar-refractivity contribution in [1.82, 2.24) is 10.2 Å². The molecule has 3 aromatic rings. The maximum Gasteiger partial charge on any atom is 0.243 e. The predicted octanol–water partition coefficient (Wildman–Crippen LogP) is 5.89. The predicted molar refractivity (Wildman–Crippen MR) is 158 cm³/mol. The Balaban J connectivity index is 1.59. The second-order valence-electron chi connectivity index (χ2n) is 10.2. The molecule has 0 saturated heterocycles. The summed E-state index contributed by atoms with van der Waals surface area (Å²) >= 11 is 0. The molecular weight excluding hydrogens is 500 g/mol. The summed E-state index contributed by atoms with van der Waals surface area (Å²) in [5.74, 6) is 0.922. The van der Waals surface area contributed by atoms with Crippen LogP contribution in [0.25, 0.3) is 0 Å². The molecule has 1 N–H and O–H groups in total. The molecule has 2 amide bonds. The molecule has 0 fully saturated rings. The van der Waals surface area contributed by atoms with Gasteiger partial charge >= 0.3 is 0 Å². The van der Waals surface area contributed by atoms with Gasteiger partial charge in [-0.1, -0.05) is 78.4 Å². The summed E-state index contributed by atoms with van der Waals surface area (Å²) in [4.78, 5) is 29.5. The number of benzene rings is 3. The number of carbonyl (C=O) groups excluding carboxylic acids is 2. The van der Waals surface area contributed by atoms with Gasteiger partial charge < -0.3 is 19.7 Å². The van der Waals surface area contributed by atoms with Gasteiger partial charge in [-0.2, -0.15) is 0 Å². The third-order valence-electron chi connectivity index (χ3n) is 7.40. The van der Waals surface area contributed by atoms with Crippen LogP contribution < -0.4 is 14.8 Å². The average Bonchev–Trinajstić information content (AvgIpc) is 3.00. The molecule has 0 aliphatic heterocycles. The van der Waals surface area contributed by atoms with Crippen LogP contribution in [0.5, 0.6) is 11.5 Å². The van der Waals surface area contributed by atoms with Crippen molar-refractivity contribution in [2.45, 2.75) is 57.5 Å². The Morgan fingerprint density at radius 1 is 0.850 bits per heavy atom. The van der Waals surface area contributed by atoms with E-state index >= 15 is 0 Å². The van der Waals surface area contributed by atoms with Crippen molar-refractivity contribution in [2.75, 3.05) is 20.8 Å². The number of allylic oxidation sites excluding steroid dienone is 1. The van der Waals surface area contributed by atoms with Crippen LogP contribution in [0.3, 0.4) is 0 Å². The quantitative estimate of drug-likeness (QED) is 0.275. The van der Waals surface area contributed by atoms with Crippen molar-refractivity contribution in [3.05, 3.63) is 107 Å². The van der Waals surface area contributed by atoms with E-state index < -0.39 is 6.04 Å². The Labute approximate surface area is 238 Å². The fourth-order valence-electron chi connectivity index (χ4n) is 5.20. The maximum atomic E-state index is 14.0. The Morgan fingerprint density at radius 2 is 1.55 bits per heavy atom. The van der Waals surface area contributed by atoms with Crippen LogP contribution in [0, 0.1) is 0 Å². The number of nitrogens with zero attached hydrogens (tertiary/aromatic N) is 1. The molecule has 0 aromatic heterocycles. The summed E-state index contributed by atoms with van der Waals surface area (Å²) in [6.07, 6.45) is 8.41. The highest BCUT2D eigenvalue weighted by Gasteiger charge is 2.30. The smallest absolute Gasteiger partial charge is 0.243 e. The van der Waals surface area contributed by atoms with Gasteiger partial charge in [0.15, 0.2) is 11.5 Å². The van der Waals surface area contributed by atoms with Crippen LogP contribution in [0.15, 0.2) is 90.5 Å². The van der Waals surface area contributed by atoms with Crippen LogP contribution in [0.2, 0.25) is 0 Å². The number of carbonyl (C=O) groups is 2. The largest absolute Gasteiger partial charge is 0.493 e. The third-order valence-corrected chi connectivity index (χ3v) is 7.40. The van der Waals surface area contributed by atoms with E-state index in [-0.39, 0.29) is 18.2 Å². The highest BCUT2D eigenvalue weighted by molar-refractivity contribution is 5.89. The lowest BCUT2D eigenvalue weighted by molar-refractivity contribution is -0.140. The topological polar surface area (TPSA) is 67.9 Å². The van der Waals surface area contributed by atoms with E-state index in [4.69, 9.17) is 9.47 Å². The fourth-order valence-corrected chi connectivity index (χ4v) is 5.20. The maximum absolute atomic E-state index is 14.0. The first-order chi connectivity index (χ1) is 19.6. The van der Waals surface area contributed by atoms with Crippen molar-refractivity contribution >= 4 is 11.8 Å². The zero-order valence-corrected chi connectivity index (χ0v) is 23.6. The molecule has 0 bridgehead atoms. The molecule has 0 heterocycles. The first-order valence-electron chi connectivity index (χ1n) is 14.1. The SMILES string of the molecule is COc1ccc(CC(=O)N(Cc2ccccc2)[C@H](Cc2ccccc2)C(=O)NCCC2=CCCCC2)cc1OC. The van der Waals surface area contributed by atoms with Gasteiger partial charge in [0.2, 0.25) is 11.8 Å². The fraction of sp³-hybridized carbons (Fsp3) is 0.353. The number of amides is 2. The lowest BCUT2D eigenvalue weighted by Crippen LogP contribution is -2.51. The van der Waals surface area contributed by atoms with Gasteiger partial charge in [-0.25, -0.2) is 0 Å². The molecular formula is C34H40N2O4. The number of hydrogen-bond donors (Lipinski definition) is 1. The Bertz CT molecular complexity index is 1270. The second kappa shape index (κ2) is 14.9. The number of nitrogens with one attached hydrogen (secondary N) is 1. The molecule has 0 spiro atoms. The number of ether oxygens (including phenoxy) is 2. The summed E-state index contributed by atoms with van der Waals surface area (Å²) in [6, 6.07) is 24.6. The Morgan fingerprint density at radius 3 is 2.20 bits per heavy atom. The summed E-state index contributed by atoms with van der Waals surface area (Å²) in [5.41, 5.74) is 4.19. The van der Waals surface area contributed by atoms with Gasteiger partial charge in [0, 0.05) is 19.5 Å². The minimum atomic E-state index is -0.657. The zero-order valence-electron chi connectivity index (χ0n) is 23.6. The van der Waals surface area contributed by atoms with E-state index in [9.17, 15) is 9.59 Å². The molecule has 6 nitrogen and oxygen atoms in total. The molecule has 0 unspecified atom stereocenters. The Hall–Kier alpha value is -4.06. The molecule has 40 heavy (non-hydrogen) atoms. The van der Waals surface area contributed by atoms with Gasteiger partial charge in [0.05, 0.1) is 20.6 Å². The van der Waals surface area contributed by atoms with Crippen molar-refractivity contribution in [3.63, 3.8) is 0 Å². The van der Waals surface area contributed by atoms with Crippen molar-refractivity contribution < 1.29 is 19.1 Å². The number of methoxy groups -OCH3 is 2. The molecule has 0 saturated carbocycles. The zero-order chi connectivity index (χ0) is 28.2. The first-order valence-corrected chi connectivity index (χ1v) is 14.1. The molecule has 1 aliphatic carbocycles. The van der Waals surface area contributed by atoms with Crippen LogP contribution in [0.1, 0.15) is 48.8 Å². The standard InChI is InChI=1S/C34H40N2O4/c1-39-31-19-18-29(23-32(31)40-2)24-33(37)36(25-28-16-10-5-11-17-28)30(22-27-14-8-4-9-15-27)34(38)35-21-20-26-12-6-3-7-13-26/h4-5,8-12,14-19,23,30H,3,6-7,13,20-22,24-25H2,1-2H3,(H,35,38)/t30-/m1/s1. The van der Waals surface area contributed by atoms with Crippen LogP contribution >= 0.6 is 0 Å². The van der Waals surface area contributed by atoms with Gasteiger partial charge in [-0.3, -0.25) is 9.59 Å². The molecule has 1 atom stereocenters. The van der Waals surface area contributed by atoms with Gasteiger partial charge in [-0.15, -0.1) is 0 Å². The molecule has 0 radical (unpaired) electrons. The molecule has 3 aromatic carbocycles. The monoisotopic (exact) mass is 540 g/mol. The molecule has 1 aliphatic rings. The highest BCUT2D eigenvalue weighted by Crippen LogP contribution is 2.28. The van der Waals surface area contributed by atoms with Crippen molar-refractivity contribution in [3.8, 4) is 11.5 Å². The van der Waals surface area contributed by atoms with E-state index in [1.54, 1.807) is 25.2 Å². The number of rotatable bonds is 13. The first kappa shape index (κ1) is 28.9. The van der Waals surface area contributed by atoms with Crippen molar-refractivity contribution in [2.24, 2.45) is 0 Å². The van der Waals surface area contributed by atoms with Crippen LogP contribution in [-0.2, 0) is 29.0 Å². The highest BCUT2D eigenvalue weighted by atomic mass is 16.5. The van der Waals surface area contributed by atoms with Gasteiger partial charge in [-0.05, 0) is 60.9 Å². The minimum absolute atomic E-state index is 0.123. The van der Waals surface area contributed by atoms with Crippen LogP contribution in [-0.4, -0.2) is 43.5 Å². The van der Waals surface area contributed by atoms with Crippen molar-refractivity contribution in [1.29, 1.82) is 0 Å². The normalized spacial score (nSPS) is 13.6. The summed E-state index contributed by atoms with van der Waals surface area (Å²) in [5, 5.41) is 3.16. The lowest BCUT2D eigenvalue weighted by Gasteiger charge is -2.32. The minimum Gasteiger partial charge on any atom is -0.493 e. The lowest BCUT2D eigenvalue weighted by atomic mass is 9.97. The van der Waals surface area contributed by atoms with Crippen LogP contribution in [0.4, 0.5) is 0 Å². The molecule has 210 valence electrons. The van der Waals surface area contributed by atoms with E-state index in [0.717, 1.165) is 36.0 Å². The summed E-state index contributed by atoms with van der Waals surface area (Å²) in [7, 11) is 3.16. The van der Waals surface area contributed by atoms with E-state index in [2.05, 4.69) is 11.4 Å². The molecule has 4 rings (SSSR count). The molecule has 6 heteroatoms. The third kappa shape index (κ3) is 8.22. The summed E-state index contributed by atoms with van der Waals surface area (Å²) < 4.78 is 10.8.